The zero-order chi connectivity index (χ0) is 15.6. The quantitative estimate of drug-likeness (QED) is 0.774. The lowest BCUT2D eigenvalue weighted by Gasteiger charge is -2.35. The molecular weight excluding hydrogens is 348 g/mol. The largest absolute Gasteiger partial charge is 0.388 e. The molecule has 0 radical (unpaired) electrons. The van der Waals surface area contributed by atoms with Gasteiger partial charge in [0.1, 0.15) is 0 Å². The fourth-order valence-electron chi connectivity index (χ4n) is 2.67. The Hall–Kier alpha value is -0.0300. The smallest absolute Gasteiger partial charge is 0.0856 e. The molecule has 0 aromatic heterocycles. The summed E-state index contributed by atoms with van der Waals surface area (Å²) in [5.74, 6) is 1.66. The predicted molar refractivity (Wildman–Crippen MR) is 93.1 cm³/mol. The highest BCUT2D eigenvalue weighted by molar-refractivity contribution is 9.10. The molecule has 118 valence electrons. The molecule has 1 saturated heterocycles. The Morgan fingerprint density at radius 2 is 2.00 bits per heavy atom. The molecule has 1 aromatic rings. The van der Waals surface area contributed by atoms with E-state index >= 15 is 0 Å². The summed E-state index contributed by atoms with van der Waals surface area (Å²) in [6, 6.07) is 4.45. The van der Waals surface area contributed by atoms with Gasteiger partial charge in [0.25, 0.3) is 0 Å². The van der Waals surface area contributed by atoms with Crippen LogP contribution in [-0.4, -0.2) is 29.2 Å². The first-order valence-corrected chi connectivity index (χ1v) is 9.28. The normalized spacial score (nSPS) is 23.3. The molecule has 1 fully saturated rings. The third kappa shape index (κ3) is 4.72. The van der Waals surface area contributed by atoms with Gasteiger partial charge >= 0.3 is 0 Å². The minimum Gasteiger partial charge on any atom is -0.388 e. The number of rotatable bonds is 4. The fraction of sp³-hybridized carbons (Fsp3) is 0.647. The van der Waals surface area contributed by atoms with Gasteiger partial charge in [0.05, 0.1) is 18.3 Å². The third-order valence-electron chi connectivity index (χ3n) is 4.09. The number of aryl methyl sites for hydroxylation is 2. The van der Waals surface area contributed by atoms with Gasteiger partial charge < -0.3 is 9.84 Å². The second kappa shape index (κ2) is 7.03. The van der Waals surface area contributed by atoms with E-state index in [0.29, 0.717) is 5.92 Å². The summed E-state index contributed by atoms with van der Waals surface area (Å²) >= 11 is 5.52. The Kier molecular flexibility index (Phi) is 5.80. The van der Waals surface area contributed by atoms with Gasteiger partial charge in [0, 0.05) is 15.1 Å². The molecule has 1 aliphatic heterocycles. The summed E-state index contributed by atoms with van der Waals surface area (Å²) in [4.78, 5) is 1.34. The van der Waals surface area contributed by atoms with Crippen LogP contribution in [0.1, 0.15) is 37.8 Å². The third-order valence-corrected chi connectivity index (χ3v) is 6.33. The van der Waals surface area contributed by atoms with Crippen LogP contribution in [0.4, 0.5) is 0 Å². The van der Waals surface area contributed by atoms with Crippen LogP contribution < -0.4 is 0 Å². The molecule has 0 aliphatic carbocycles. The summed E-state index contributed by atoms with van der Waals surface area (Å²) in [6.07, 6.45) is 2.06. The Balaban J connectivity index is 1.87. The Labute approximate surface area is 140 Å². The van der Waals surface area contributed by atoms with Crippen LogP contribution in [0.3, 0.4) is 0 Å². The SMILES string of the molecule is Cc1cc(C)c(SC[C@@H]2CC[C@@H](C(C)(C)O)OC2)cc1Br. The highest BCUT2D eigenvalue weighted by atomic mass is 79.9. The van der Waals surface area contributed by atoms with Crippen LogP contribution in [0.2, 0.25) is 0 Å². The van der Waals surface area contributed by atoms with E-state index in [1.807, 2.05) is 25.6 Å². The number of benzene rings is 1. The first kappa shape index (κ1) is 17.3. The Morgan fingerprint density at radius 3 is 2.57 bits per heavy atom. The van der Waals surface area contributed by atoms with Crippen molar-refractivity contribution in [1.82, 2.24) is 0 Å². The molecule has 0 bridgehead atoms. The van der Waals surface area contributed by atoms with Crippen LogP contribution in [0.25, 0.3) is 0 Å². The zero-order valence-electron chi connectivity index (χ0n) is 13.3. The second-order valence-electron chi connectivity index (χ2n) is 6.60. The van der Waals surface area contributed by atoms with Gasteiger partial charge in [-0.2, -0.15) is 0 Å². The van der Waals surface area contributed by atoms with Gasteiger partial charge in [-0.15, -0.1) is 11.8 Å². The number of aliphatic hydroxyl groups is 1. The molecule has 0 unspecified atom stereocenters. The number of hydrogen-bond acceptors (Lipinski definition) is 3. The topological polar surface area (TPSA) is 29.5 Å². The maximum atomic E-state index is 9.99. The van der Waals surface area contributed by atoms with Crippen LogP contribution in [0, 0.1) is 19.8 Å². The van der Waals surface area contributed by atoms with E-state index in [-0.39, 0.29) is 6.10 Å². The highest BCUT2D eigenvalue weighted by Crippen LogP contribution is 2.33. The predicted octanol–water partition coefficient (Wildman–Crippen LogP) is 4.72. The van der Waals surface area contributed by atoms with E-state index < -0.39 is 5.60 Å². The minimum absolute atomic E-state index is 0.0194. The average molecular weight is 373 g/mol. The van der Waals surface area contributed by atoms with Gasteiger partial charge in [-0.05, 0) is 63.6 Å². The molecular formula is C17H25BrO2S. The molecule has 2 nitrogen and oxygen atoms in total. The van der Waals surface area contributed by atoms with Crippen LogP contribution in [0.15, 0.2) is 21.5 Å². The minimum atomic E-state index is -0.726. The second-order valence-corrected chi connectivity index (χ2v) is 8.51. The Bertz CT molecular complexity index is 488. The summed E-state index contributed by atoms with van der Waals surface area (Å²) in [7, 11) is 0. The maximum Gasteiger partial charge on any atom is 0.0856 e. The molecule has 2 atom stereocenters. The Morgan fingerprint density at radius 1 is 1.29 bits per heavy atom. The van der Waals surface area contributed by atoms with Gasteiger partial charge in [-0.25, -0.2) is 0 Å². The number of ether oxygens (including phenoxy) is 1. The summed E-state index contributed by atoms with van der Waals surface area (Å²) in [5, 5.41) is 9.99. The van der Waals surface area contributed by atoms with Crippen molar-refractivity contribution in [3.63, 3.8) is 0 Å². The molecule has 0 spiro atoms. The molecule has 0 saturated carbocycles. The number of halogens is 1. The lowest BCUT2D eigenvalue weighted by Crippen LogP contribution is -2.42. The lowest BCUT2D eigenvalue weighted by atomic mass is 9.91. The molecule has 2 rings (SSSR count). The number of hydrogen-bond donors (Lipinski definition) is 1. The van der Waals surface area contributed by atoms with Crippen molar-refractivity contribution in [2.75, 3.05) is 12.4 Å². The molecule has 1 heterocycles. The van der Waals surface area contributed by atoms with E-state index in [0.717, 1.165) is 25.2 Å². The molecule has 1 aliphatic rings. The van der Waals surface area contributed by atoms with Crippen molar-refractivity contribution in [2.24, 2.45) is 5.92 Å². The van der Waals surface area contributed by atoms with Crippen LogP contribution >= 0.6 is 27.7 Å². The monoisotopic (exact) mass is 372 g/mol. The van der Waals surface area contributed by atoms with E-state index in [1.54, 1.807) is 0 Å². The molecule has 0 amide bonds. The lowest BCUT2D eigenvalue weighted by molar-refractivity contribution is -0.119. The van der Waals surface area contributed by atoms with E-state index in [9.17, 15) is 5.11 Å². The number of thioether (sulfide) groups is 1. The highest BCUT2D eigenvalue weighted by Gasteiger charge is 2.32. The molecule has 4 heteroatoms. The fourth-order valence-corrected chi connectivity index (χ4v) is 4.33. The van der Waals surface area contributed by atoms with Crippen molar-refractivity contribution in [1.29, 1.82) is 0 Å². The zero-order valence-corrected chi connectivity index (χ0v) is 15.7. The van der Waals surface area contributed by atoms with Crippen LogP contribution in [-0.2, 0) is 4.74 Å². The van der Waals surface area contributed by atoms with Crippen molar-refractivity contribution < 1.29 is 9.84 Å². The first-order chi connectivity index (χ1) is 9.77. The van der Waals surface area contributed by atoms with Crippen molar-refractivity contribution in [3.8, 4) is 0 Å². The van der Waals surface area contributed by atoms with Gasteiger partial charge in [0.15, 0.2) is 0 Å². The molecule has 1 N–H and O–H groups in total. The summed E-state index contributed by atoms with van der Waals surface area (Å²) in [6.45, 7) is 8.72. The van der Waals surface area contributed by atoms with E-state index in [1.165, 1.54) is 20.5 Å². The maximum absolute atomic E-state index is 9.99. The molecule has 21 heavy (non-hydrogen) atoms. The van der Waals surface area contributed by atoms with Crippen molar-refractivity contribution in [2.45, 2.75) is 57.1 Å². The van der Waals surface area contributed by atoms with Crippen molar-refractivity contribution in [3.05, 3.63) is 27.7 Å². The van der Waals surface area contributed by atoms with Gasteiger partial charge in [0.2, 0.25) is 0 Å². The summed E-state index contributed by atoms with van der Waals surface area (Å²) < 4.78 is 7.02. The molecule has 1 aromatic carbocycles. The average Bonchev–Trinajstić information content (AvgIpc) is 2.41. The standard InChI is InChI=1S/C17H25BrO2S/c1-11-7-12(2)15(8-14(11)18)21-10-13-5-6-16(20-9-13)17(3,4)19/h7-8,13,16,19H,5-6,9-10H2,1-4H3/t13-,16+/m1/s1. The van der Waals surface area contributed by atoms with Gasteiger partial charge in [-0.1, -0.05) is 22.0 Å². The first-order valence-electron chi connectivity index (χ1n) is 7.51. The van der Waals surface area contributed by atoms with E-state index in [2.05, 4.69) is 41.9 Å². The van der Waals surface area contributed by atoms with Crippen LogP contribution in [0.5, 0.6) is 0 Å². The van der Waals surface area contributed by atoms with E-state index in [4.69, 9.17) is 4.74 Å². The van der Waals surface area contributed by atoms with Gasteiger partial charge in [-0.3, -0.25) is 0 Å². The van der Waals surface area contributed by atoms with Crippen molar-refractivity contribution >= 4 is 27.7 Å². The summed E-state index contributed by atoms with van der Waals surface area (Å²) in [5.41, 5.74) is 1.90.